The molecule has 1 N–H and O–H groups in total. The first kappa shape index (κ1) is 19.4. The largest absolute Gasteiger partial charge is 0.493 e. The first-order valence-electron chi connectivity index (χ1n) is 8.31. The first-order chi connectivity index (χ1) is 12.0. The molecule has 0 saturated heterocycles. The molecule has 0 aliphatic heterocycles. The number of methoxy groups -OCH3 is 1. The second-order valence-electron chi connectivity index (χ2n) is 5.77. The van der Waals surface area contributed by atoms with Gasteiger partial charge in [0, 0.05) is 6.54 Å². The number of hydrogen-bond acceptors (Lipinski definition) is 4. The normalized spacial score (nSPS) is 10.6. The van der Waals surface area contributed by atoms with Crippen LogP contribution < -0.4 is 14.8 Å². The van der Waals surface area contributed by atoms with Crippen molar-refractivity contribution in [2.45, 2.75) is 40.2 Å². The van der Waals surface area contributed by atoms with E-state index in [1.54, 1.807) is 14.0 Å². The van der Waals surface area contributed by atoms with Crippen molar-refractivity contribution < 1.29 is 18.7 Å². The van der Waals surface area contributed by atoms with E-state index >= 15 is 0 Å². The van der Waals surface area contributed by atoms with Gasteiger partial charge in [0.1, 0.15) is 11.5 Å². The van der Waals surface area contributed by atoms with E-state index < -0.39 is 0 Å². The van der Waals surface area contributed by atoms with Gasteiger partial charge in [-0.3, -0.25) is 4.79 Å². The predicted octanol–water partition coefficient (Wildman–Crippen LogP) is 4.78. The maximum atomic E-state index is 12.4. The summed E-state index contributed by atoms with van der Waals surface area (Å²) >= 11 is 3.40. The molecule has 0 bridgehead atoms. The van der Waals surface area contributed by atoms with E-state index in [1.807, 2.05) is 25.1 Å². The number of unbranched alkanes of at least 4 members (excludes halogenated alkanes) is 1. The molecule has 1 aromatic heterocycles. The number of carbonyl (C=O) groups is 1. The van der Waals surface area contributed by atoms with Gasteiger partial charge in [-0.25, -0.2) is 0 Å². The van der Waals surface area contributed by atoms with Gasteiger partial charge in [-0.05, 0) is 53.9 Å². The van der Waals surface area contributed by atoms with Crippen molar-refractivity contribution in [2.24, 2.45) is 0 Å². The third kappa shape index (κ3) is 4.78. The second kappa shape index (κ2) is 8.94. The van der Waals surface area contributed by atoms with Crippen LogP contribution in [0.3, 0.4) is 0 Å². The van der Waals surface area contributed by atoms with Gasteiger partial charge in [0.2, 0.25) is 0 Å². The molecule has 6 heteroatoms. The maximum Gasteiger partial charge on any atom is 0.256 e. The van der Waals surface area contributed by atoms with E-state index in [9.17, 15) is 4.79 Å². The van der Waals surface area contributed by atoms with Crippen LogP contribution in [0.1, 0.15) is 47.2 Å². The topological polar surface area (TPSA) is 60.7 Å². The molecule has 2 aromatic rings. The summed E-state index contributed by atoms with van der Waals surface area (Å²) in [5, 5.41) is 2.91. The number of hydrogen-bond donors (Lipinski definition) is 1. The molecular weight excluding hydrogens is 386 g/mol. The Kier molecular flexibility index (Phi) is 6.93. The monoisotopic (exact) mass is 409 g/mol. The van der Waals surface area contributed by atoms with Crippen LogP contribution in [0.2, 0.25) is 0 Å². The summed E-state index contributed by atoms with van der Waals surface area (Å²) < 4.78 is 17.3. The van der Waals surface area contributed by atoms with Gasteiger partial charge in [-0.15, -0.1) is 0 Å². The van der Waals surface area contributed by atoms with E-state index in [4.69, 9.17) is 13.9 Å². The zero-order valence-electron chi connectivity index (χ0n) is 15.1. The molecule has 5 nitrogen and oxygen atoms in total. The van der Waals surface area contributed by atoms with Crippen LogP contribution in [-0.2, 0) is 6.54 Å². The van der Waals surface area contributed by atoms with Crippen LogP contribution >= 0.6 is 15.9 Å². The average molecular weight is 410 g/mol. The Bertz CT molecular complexity index is 739. The summed E-state index contributed by atoms with van der Waals surface area (Å²) in [4.78, 5) is 12.4. The lowest BCUT2D eigenvalue weighted by Crippen LogP contribution is -2.23. The van der Waals surface area contributed by atoms with Crippen molar-refractivity contribution in [1.29, 1.82) is 0 Å². The molecule has 0 aliphatic carbocycles. The standard InChI is InChI=1S/C19H24BrNO4/c1-5-6-9-24-15-8-7-14(10-16(15)23-4)11-21-19(22)17-12(2)25-13(3)18(17)20/h7-8,10H,5-6,9,11H2,1-4H3,(H,21,22). The Hall–Kier alpha value is -1.95. The summed E-state index contributed by atoms with van der Waals surface area (Å²) in [5.41, 5.74) is 1.46. The summed E-state index contributed by atoms with van der Waals surface area (Å²) in [7, 11) is 1.61. The smallest absolute Gasteiger partial charge is 0.256 e. The minimum atomic E-state index is -0.177. The van der Waals surface area contributed by atoms with Gasteiger partial charge in [0.05, 0.1) is 23.8 Å². The number of carbonyl (C=O) groups excluding carboxylic acids is 1. The molecule has 0 radical (unpaired) electrons. The molecule has 1 aromatic carbocycles. The van der Waals surface area contributed by atoms with E-state index in [0.717, 1.165) is 24.2 Å². The van der Waals surface area contributed by atoms with Crippen molar-refractivity contribution in [1.82, 2.24) is 5.32 Å². The Morgan fingerprint density at radius 3 is 2.60 bits per heavy atom. The third-order valence-electron chi connectivity index (χ3n) is 3.85. The minimum absolute atomic E-state index is 0.177. The fourth-order valence-corrected chi connectivity index (χ4v) is 2.99. The van der Waals surface area contributed by atoms with Crippen molar-refractivity contribution in [3.05, 3.63) is 45.3 Å². The average Bonchev–Trinajstić information content (AvgIpc) is 2.86. The van der Waals surface area contributed by atoms with Gasteiger partial charge < -0.3 is 19.2 Å². The molecule has 0 fully saturated rings. The molecule has 2 rings (SSSR count). The predicted molar refractivity (Wildman–Crippen MR) is 100 cm³/mol. The van der Waals surface area contributed by atoms with Crippen LogP contribution in [0, 0.1) is 13.8 Å². The number of ether oxygens (including phenoxy) is 2. The first-order valence-corrected chi connectivity index (χ1v) is 9.10. The quantitative estimate of drug-likeness (QED) is 0.637. The highest BCUT2D eigenvalue weighted by molar-refractivity contribution is 9.10. The minimum Gasteiger partial charge on any atom is -0.493 e. The van der Waals surface area contributed by atoms with E-state index in [2.05, 4.69) is 28.2 Å². The van der Waals surface area contributed by atoms with Gasteiger partial charge >= 0.3 is 0 Å². The van der Waals surface area contributed by atoms with Crippen LogP contribution in [0.5, 0.6) is 11.5 Å². The van der Waals surface area contributed by atoms with Gasteiger partial charge in [-0.2, -0.15) is 0 Å². The van der Waals surface area contributed by atoms with E-state index in [1.165, 1.54) is 0 Å². The van der Waals surface area contributed by atoms with Crippen LogP contribution in [-0.4, -0.2) is 19.6 Å². The summed E-state index contributed by atoms with van der Waals surface area (Å²) in [5.74, 6) is 2.50. The number of amides is 1. The highest BCUT2D eigenvalue weighted by Crippen LogP contribution is 2.29. The number of aryl methyl sites for hydroxylation is 2. The van der Waals surface area contributed by atoms with Crippen molar-refractivity contribution in [3.8, 4) is 11.5 Å². The number of benzene rings is 1. The summed E-state index contributed by atoms with van der Waals surface area (Å²) in [6, 6.07) is 5.68. The molecule has 0 spiro atoms. The lowest BCUT2D eigenvalue weighted by Gasteiger charge is -2.12. The van der Waals surface area contributed by atoms with Crippen molar-refractivity contribution in [3.63, 3.8) is 0 Å². The highest BCUT2D eigenvalue weighted by Gasteiger charge is 2.19. The summed E-state index contributed by atoms with van der Waals surface area (Å²) in [6.45, 7) is 6.76. The second-order valence-corrected chi connectivity index (χ2v) is 6.57. The van der Waals surface area contributed by atoms with Gasteiger partial charge in [0.15, 0.2) is 11.5 Å². The fourth-order valence-electron chi connectivity index (χ4n) is 2.45. The number of halogens is 1. The SMILES string of the molecule is CCCCOc1ccc(CNC(=O)c2c(C)oc(C)c2Br)cc1OC. The summed E-state index contributed by atoms with van der Waals surface area (Å²) in [6.07, 6.45) is 2.08. The zero-order valence-corrected chi connectivity index (χ0v) is 16.7. The van der Waals surface area contributed by atoms with Crippen LogP contribution in [0.25, 0.3) is 0 Å². The Morgan fingerprint density at radius 2 is 2.00 bits per heavy atom. The number of furan rings is 1. The molecule has 25 heavy (non-hydrogen) atoms. The Labute approximate surface area is 156 Å². The van der Waals surface area contributed by atoms with Crippen LogP contribution in [0.15, 0.2) is 27.1 Å². The molecule has 1 heterocycles. The van der Waals surface area contributed by atoms with E-state index in [-0.39, 0.29) is 5.91 Å². The molecule has 136 valence electrons. The lowest BCUT2D eigenvalue weighted by atomic mass is 10.2. The van der Waals surface area contributed by atoms with Crippen LogP contribution in [0.4, 0.5) is 0 Å². The molecule has 1 amide bonds. The molecular formula is C19H24BrNO4. The van der Waals surface area contributed by atoms with E-state index in [0.29, 0.717) is 40.5 Å². The Morgan fingerprint density at radius 1 is 1.24 bits per heavy atom. The van der Waals surface area contributed by atoms with Gasteiger partial charge in [0.25, 0.3) is 5.91 Å². The number of nitrogens with one attached hydrogen (secondary N) is 1. The highest BCUT2D eigenvalue weighted by atomic mass is 79.9. The number of rotatable bonds is 8. The molecule has 0 atom stereocenters. The Balaban J connectivity index is 2.04. The lowest BCUT2D eigenvalue weighted by molar-refractivity contribution is 0.0948. The van der Waals surface area contributed by atoms with Crippen molar-refractivity contribution >= 4 is 21.8 Å². The molecule has 0 aliphatic rings. The fraction of sp³-hybridized carbons (Fsp3) is 0.421. The van der Waals surface area contributed by atoms with Gasteiger partial charge in [-0.1, -0.05) is 19.4 Å². The maximum absolute atomic E-state index is 12.4. The molecule has 0 saturated carbocycles. The zero-order chi connectivity index (χ0) is 18.4. The third-order valence-corrected chi connectivity index (χ3v) is 4.81. The van der Waals surface area contributed by atoms with Crippen molar-refractivity contribution in [2.75, 3.05) is 13.7 Å². The molecule has 0 unspecified atom stereocenters.